The zero-order valence-electron chi connectivity index (χ0n) is 12.2. The van der Waals surface area contributed by atoms with E-state index in [4.69, 9.17) is 0 Å². The van der Waals surface area contributed by atoms with Crippen LogP contribution in [0.3, 0.4) is 0 Å². The molecule has 0 aromatic heterocycles. The number of carbonyl (C=O) groups excluding carboxylic acids is 2. The molecule has 0 radical (unpaired) electrons. The largest absolute Gasteiger partial charge is 0.326 e. The molecule has 1 atom stereocenters. The topological polar surface area (TPSA) is 70.2 Å². The van der Waals surface area contributed by atoms with E-state index in [0.29, 0.717) is 24.4 Å². The van der Waals surface area contributed by atoms with Gasteiger partial charge in [0.05, 0.1) is 5.69 Å². The summed E-state index contributed by atoms with van der Waals surface area (Å²) >= 11 is 0. The molecule has 0 spiro atoms. The molecule has 1 unspecified atom stereocenters. The van der Waals surface area contributed by atoms with Gasteiger partial charge in [0, 0.05) is 18.0 Å². The molecule has 2 aliphatic rings. The molecule has 1 saturated heterocycles. The molecule has 7 heteroatoms. The summed E-state index contributed by atoms with van der Waals surface area (Å²) < 4.78 is 14.1. The summed E-state index contributed by atoms with van der Waals surface area (Å²) in [6.07, 6.45) is 0.889. The van der Waals surface area contributed by atoms with Crippen LogP contribution in [0.2, 0.25) is 0 Å². The van der Waals surface area contributed by atoms with Gasteiger partial charge in [0.15, 0.2) is 0 Å². The first kappa shape index (κ1) is 16.7. The fraction of sp³-hybridized carbons (Fsp3) is 0.467. The molecular formula is C15H19ClFN3O2. The molecule has 5 nitrogen and oxygen atoms in total. The first-order chi connectivity index (χ1) is 10.0. The average molecular weight is 328 g/mol. The molecule has 120 valence electrons. The minimum absolute atomic E-state index is 0. The van der Waals surface area contributed by atoms with Gasteiger partial charge >= 0.3 is 0 Å². The molecule has 3 N–H and O–H groups in total. The number of rotatable bonds is 3. The quantitative estimate of drug-likeness (QED) is 0.794. The van der Waals surface area contributed by atoms with Crippen LogP contribution in [-0.4, -0.2) is 24.9 Å². The van der Waals surface area contributed by atoms with Gasteiger partial charge in [-0.2, -0.15) is 0 Å². The van der Waals surface area contributed by atoms with Crippen LogP contribution < -0.4 is 16.0 Å². The Bertz CT molecular complexity index is 605. The Labute approximate surface area is 134 Å². The van der Waals surface area contributed by atoms with Gasteiger partial charge in [-0.3, -0.25) is 9.59 Å². The van der Waals surface area contributed by atoms with E-state index < -0.39 is 5.82 Å². The minimum atomic E-state index is -0.461. The molecule has 2 amide bonds. The normalized spacial score (nSPS) is 18.4. The van der Waals surface area contributed by atoms with Crippen LogP contribution in [0.1, 0.15) is 18.9 Å². The van der Waals surface area contributed by atoms with Crippen molar-refractivity contribution in [1.82, 2.24) is 5.32 Å². The SMILES string of the molecule is CC(C(=O)Nc1cc2c(cc1F)CCC(=O)N2)C1CNC1.Cl. The molecular weight excluding hydrogens is 309 g/mol. The highest BCUT2D eigenvalue weighted by molar-refractivity contribution is 5.97. The Morgan fingerprint density at radius 3 is 2.73 bits per heavy atom. The zero-order valence-corrected chi connectivity index (χ0v) is 13.1. The number of fused-ring (bicyclic) bond motifs is 1. The van der Waals surface area contributed by atoms with E-state index in [9.17, 15) is 14.0 Å². The van der Waals surface area contributed by atoms with Crippen LogP contribution in [0.25, 0.3) is 0 Å². The summed E-state index contributed by atoms with van der Waals surface area (Å²) in [5, 5.41) is 8.46. The summed E-state index contributed by atoms with van der Waals surface area (Å²) in [5.74, 6) is -0.610. The lowest BCUT2D eigenvalue weighted by molar-refractivity contribution is -0.121. The summed E-state index contributed by atoms with van der Waals surface area (Å²) in [7, 11) is 0. The van der Waals surface area contributed by atoms with Crippen LogP contribution in [0, 0.1) is 17.7 Å². The van der Waals surface area contributed by atoms with E-state index in [0.717, 1.165) is 18.7 Å². The van der Waals surface area contributed by atoms with Gasteiger partial charge < -0.3 is 16.0 Å². The first-order valence-electron chi connectivity index (χ1n) is 7.18. The number of aryl methyl sites for hydroxylation is 1. The molecule has 1 aromatic rings. The van der Waals surface area contributed by atoms with E-state index in [1.807, 2.05) is 6.92 Å². The van der Waals surface area contributed by atoms with Crippen LogP contribution in [0.5, 0.6) is 0 Å². The third-order valence-corrected chi connectivity index (χ3v) is 4.28. The number of amides is 2. The third kappa shape index (κ3) is 3.23. The Hall–Kier alpha value is -1.66. The molecule has 0 bridgehead atoms. The van der Waals surface area contributed by atoms with Gasteiger partial charge in [0.2, 0.25) is 11.8 Å². The van der Waals surface area contributed by atoms with Crippen molar-refractivity contribution in [2.24, 2.45) is 11.8 Å². The van der Waals surface area contributed by atoms with E-state index in [2.05, 4.69) is 16.0 Å². The Balaban J connectivity index is 0.00000176. The number of nitrogens with one attached hydrogen (secondary N) is 3. The molecule has 3 rings (SSSR count). The molecule has 1 fully saturated rings. The number of anilines is 2. The number of halogens is 2. The van der Waals surface area contributed by atoms with E-state index in [1.165, 1.54) is 12.1 Å². The van der Waals surface area contributed by atoms with Crippen LogP contribution in [0.4, 0.5) is 15.8 Å². The van der Waals surface area contributed by atoms with Crippen molar-refractivity contribution >= 4 is 35.6 Å². The molecule has 22 heavy (non-hydrogen) atoms. The highest BCUT2D eigenvalue weighted by atomic mass is 35.5. The van der Waals surface area contributed by atoms with Gasteiger partial charge in [0.1, 0.15) is 5.82 Å². The number of hydrogen-bond donors (Lipinski definition) is 3. The Morgan fingerprint density at radius 1 is 1.36 bits per heavy atom. The van der Waals surface area contributed by atoms with Crippen molar-refractivity contribution in [3.05, 3.63) is 23.5 Å². The smallest absolute Gasteiger partial charge is 0.227 e. The highest BCUT2D eigenvalue weighted by Gasteiger charge is 2.29. The number of benzene rings is 1. The Morgan fingerprint density at radius 2 is 2.09 bits per heavy atom. The van der Waals surface area contributed by atoms with E-state index in [-0.39, 0.29) is 35.8 Å². The van der Waals surface area contributed by atoms with Gasteiger partial charge in [-0.15, -0.1) is 12.4 Å². The van der Waals surface area contributed by atoms with Crippen molar-refractivity contribution < 1.29 is 14.0 Å². The molecule has 1 aromatic carbocycles. The monoisotopic (exact) mass is 327 g/mol. The van der Waals surface area contributed by atoms with Crippen molar-refractivity contribution in [3.63, 3.8) is 0 Å². The minimum Gasteiger partial charge on any atom is -0.326 e. The van der Waals surface area contributed by atoms with Gasteiger partial charge in [0.25, 0.3) is 0 Å². The van der Waals surface area contributed by atoms with Crippen LogP contribution >= 0.6 is 12.4 Å². The summed E-state index contributed by atoms with van der Waals surface area (Å²) in [4.78, 5) is 23.5. The van der Waals surface area contributed by atoms with Gasteiger partial charge in [-0.1, -0.05) is 6.92 Å². The third-order valence-electron chi connectivity index (χ3n) is 4.28. The van der Waals surface area contributed by atoms with E-state index >= 15 is 0 Å². The van der Waals surface area contributed by atoms with Gasteiger partial charge in [-0.25, -0.2) is 4.39 Å². The van der Waals surface area contributed by atoms with Gasteiger partial charge in [-0.05, 0) is 43.1 Å². The lowest BCUT2D eigenvalue weighted by Crippen LogP contribution is -2.48. The highest BCUT2D eigenvalue weighted by Crippen LogP contribution is 2.29. The van der Waals surface area contributed by atoms with Crippen molar-refractivity contribution in [3.8, 4) is 0 Å². The maximum absolute atomic E-state index is 14.1. The molecule has 2 heterocycles. The summed E-state index contributed by atoms with van der Waals surface area (Å²) in [6, 6.07) is 2.89. The standard InChI is InChI=1S/C15H18FN3O2.ClH/c1-8(10-6-17-7-10)15(21)19-13-5-12-9(4-11(13)16)2-3-14(20)18-12;/h4-5,8,10,17H,2-3,6-7H2,1H3,(H,18,20)(H,19,21);1H. The lowest BCUT2D eigenvalue weighted by atomic mass is 9.88. The average Bonchev–Trinajstić information content (AvgIpc) is 2.38. The molecule has 2 aliphatic heterocycles. The number of carbonyl (C=O) groups is 2. The van der Waals surface area contributed by atoms with Crippen molar-refractivity contribution in [1.29, 1.82) is 0 Å². The zero-order chi connectivity index (χ0) is 15.0. The summed E-state index contributed by atoms with van der Waals surface area (Å²) in [6.45, 7) is 3.48. The fourth-order valence-corrected chi connectivity index (χ4v) is 2.62. The second kappa shape index (κ2) is 6.62. The second-order valence-corrected chi connectivity index (χ2v) is 5.73. The van der Waals surface area contributed by atoms with Crippen LogP contribution in [0.15, 0.2) is 12.1 Å². The van der Waals surface area contributed by atoms with Crippen molar-refractivity contribution in [2.75, 3.05) is 23.7 Å². The Kier molecular flexibility index (Phi) is 5.03. The number of hydrogen-bond acceptors (Lipinski definition) is 3. The van der Waals surface area contributed by atoms with Crippen LogP contribution in [-0.2, 0) is 16.0 Å². The maximum atomic E-state index is 14.1. The van der Waals surface area contributed by atoms with E-state index in [1.54, 1.807) is 0 Å². The predicted octanol–water partition coefficient (Wildman–Crippen LogP) is 1.93. The molecule has 0 saturated carbocycles. The predicted molar refractivity (Wildman–Crippen MR) is 84.8 cm³/mol. The second-order valence-electron chi connectivity index (χ2n) is 5.73. The molecule has 0 aliphatic carbocycles. The summed E-state index contributed by atoms with van der Waals surface area (Å²) in [5.41, 5.74) is 1.47. The lowest BCUT2D eigenvalue weighted by Gasteiger charge is -2.31. The fourth-order valence-electron chi connectivity index (χ4n) is 2.62. The maximum Gasteiger partial charge on any atom is 0.227 e. The van der Waals surface area contributed by atoms with Crippen molar-refractivity contribution in [2.45, 2.75) is 19.8 Å². The first-order valence-corrected chi connectivity index (χ1v) is 7.18.